The number of benzene rings is 2. The molecule has 2 aromatic carbocycles. The molecule has 0 atom stereocenters. The molecule has 0 heterocycles. The Hall–Kier alpha value is -3.35. The minimum Gasteiger partial charge on any atom is -0.507 e. The molecule has 0 aliphatic heterocycles. The number of hydrogen-bond donors (Lipinski definition) is 1. The van der Waals surface area contributed by atoms with E-state index in [1.165, 1.54) is 37.1 Å². The lowest BCUT2D eigenvalue weighted by molar-refractivity contribution is -0.763. The molecule has 0 bridgehead atoms. The minimum absolute atomic E-state index is 0.00337. The molecule has 0 aliphatic carbocycles. The standard InChI is InChI=1S/C17H15NO6.C4H10.C2H6/c1-2-14-10-15(6-7-16(14)19)24-17(20)9-12-4-3-5-13(8-12)11-23-18(21)22;1-3-4-2;1-2/h2-8,10,19H,1,9,11H2;3-4H2,1-2H3;1-2H3. The Morgan fingerprint density at radius 3 is 2.33 bits per heavy atom. The van der Waals surface area contributed by atoms with Crippen LogP contribution in [0.2, 0.25) is 0 Å². The second-order valence-corrected chi connectivity index (χ2v) is 5.89. The molecule has 0 radical (unpaired) electrons. The Labute approximate surface area is 178 Å². The molecule has 1 N–H and O–H groups in total. The highest BCUT2D eigenvalue weighted by Gasteiger charge is 2.09. The zero-order chi connectivity index (χ0) is 22.9. The third-order valence-electron chi connectivity index (χ3n) is 3.63. The van der Waals surface area contributed by atoms with Crippen molar-refractivity contribution in [3.8, 4) is 11.5 Å². The summed E-state index contributed by atoms with van der Waals surface area (Å²) in [5, 5.41) is 18.9. The Morgan fingerprint density at radius 1 is 1.13 bits per heavy atom. The topological polar surface area (TPSA) is 98.9 Å². The second kappa shape index (κ2) is 15.6. The quantitative estimate of drug-likeness (QED) is 0.255. The lowest BCUT2D eigenvalue weighted by Gasteiger charge is -2.07. The molecule has 0 fully saturated rings. The average Bonchev–Trinajstić information content (AvgIpc) is 2.75. The van der Waals surface area contributed by atoms with E-state index >= 15 is 0 Å². The van der Waals surface area contributed by atoms with Gasteiger partial charge in [-0.15, -0.1) is 10.1 Å². The molecule has 0 saturated carbocycles. The summed E-state index contributed by atoms with van der Waals surface area (Å²) in [6.45, 7) is 11.7. The zero-order valence-electron chi connectivity index (χ0n) is 18.1. The summed E-state index contributed by atoms with van der Waals surface area (Å²) in [5.74, 6) is -0.160. The number of rotatable bonds is 8. The van der Waals surface area contributed by atoms with E-state index in [0.717, 1.165) is 0 Å². The molecule has 0 amide bonds. The number of esters is 1. The fraction of sp³-hybridized carbons (Fsp3) is 0.348. The van der Waals surface area contributed by atoms with Crippen LogP contribution >= 0.6 is 0 Å². The lowest BCUT2D eigenvalue weighted by Crippen LogP contribution is -2.11. The van der Waals surface area contributed by atoms with Crippen LogP contribution in [0.15, 0.2) is 49.0 Å². The number of phenolic OH excluding ortho intramolecular Hbond substituents is 1. The monoisotopic (exact) mass is 417 g/mol. The van der Waals surface area contributed by atoms with Crippen LogP contribution in [-0.2, 0) is 22.7 Å². The van der Waals surface area contributed by atoms with Crippen LogP contribution in [0.4, 0.5) is 0 Å². The third-order valence-corrected chi connectivity index (χ3v) is 3.63. The normalized spacial score (nSPS) is 9.20. The molecule has 0 aliphatic rings. The van der Waals surface area contributed by atoms with Crippen molar-refractivity contribution in [1.82, 2.24) is 0 Å². The van der Waals surface area contributed by atoms with E-state index in [1.807, 2.05) is 13.8 Å². The molecule has 0 unspecified atom stereocenters. The van der Waals surface area contributed by atoms with Crippen LogP contribution in [0.25, 0.3) is 6.08 Å². The van der Waals surface area contributed by atoms with Gasteiger partial charge in [-0.3, -0.25) is 4.79 Å². The number of ether oxygens (including phenoxy) is 1. The van der Waals surface area contributed by atoms with Gasteiger partial charge in [-0.05, 0) is 29.3 Å². The maximum Gasteiger partial charge on any atom is 0.315 e. The number of phenols is 1. The van der Waals surface area contributed by atoms with Crippen molar-refractivity contribution in [3.05, 3.63) is 75.8 Å². The van der Waals surface area contributed by atoms with Crippen molar-refractivity contribution in [3.63, 3.8) is 0 Å². The van der Waals surface area contributed by atoms with Crippen LogP contribution in [0, 0.1) is 10.1 Å². The molecule has 2 aromatic rings. The zero-order valence-corrected chi connectivity index (χ0v) is 18.1. The molecule has 2 rings (SSSR count). The van der Waals surface area contributed by atoms with Crippen LogP contribution in [0.1, 0.15) is 57.2 Å². The molecule has 30 heavy (non-hydrogen) atoms. The Balaban J connectivity index is 0.00000125. The fourth-order valence-electron chi connectivity index (χ4n) is 2.05. The Morgan fingerprint density at radius 2 is 1.77 bits per heavy atom. The van der Waals surface area contributed by atoms with E-state index < -0.39 is 11.1 Å². The highest BCUT2D eigenvalue weighted by Crippen LogP contribution is 2.24. The van der Waals surface area contributed by atoms with Crippen LogP contribution in [0.3, 0.4) is 0 Å². The van der Waals surface area contributed by atoms with Gasteiger partial charge in [0.1, 0.15) is 18.1 Å². The smallest absolute Gasteiger partial charge is 0.315 e. The van der Waals surface area contributed by atoms with Gasteiger partial charge in [-0.2, -0.15) is 0 Å². The second-order valence-electron chi connectivity index (χ2n) is 5.89. The van der Waals surface area contributed by atoms with Crippen LogP contribution in [0.5, 0.6) is 11.5 Å². The molecular formula is C23H31NO6. The van der Waals surface area contributed by atoms with Crippen molar-refractivity contribution >= 4 is 12.0 Å². The molecule has 0 spiro atoms. The predicted octanol–water partition coefficient (Wildman–Crippen LogP) is 5.72. The number of hydrogen-bond acceptors (Lipinski definition) is 6. The molecule has 0 aromatic heterocycles. The first-order valence-electron chi connectivity index (χ1n) is 9.90. The summed E-state index contributed by atoms with van der Waals surface area (Å²) in [5.41, 5.74) is 1.68. The van der Waals surface area contributed by atoms with E-state index in [4.69, 9.17) is 4.74 Å². The highest BCUT2D eigenvalue weighted by atomic mass is 16.9. The summed E-state index contributed by atoms with van der Waals surface area (Å²) >= 11 is 0. The maximum atomic E-state index is 12.0. The van der Waals surface area contributed by atoms with Crippen molar-refractivity contribution in [2.24, 2.45) is 0 Å². The largest absolute Gasteiger partial charge is 0.507 e. The summed E-state index contributed by atoms with van der Waals surface area (Å²) in [6, 6.07) is 11.1. The fourth-order valence-corrected chi connectivity index (χ4v) is 2.05. The van der Waals surface area contributed by atoms with Gasteiger partial charge in [0.2, 0.25) is 0 Å². The summed E-state index contributed by atoms with van der Waals surface area (Å²) in [7, 11) is 0. The van der Waals surface area contributed by atoms with Gasteiger partial charge >= 0.3 is 5.97 Å². The minimum atomic E-state index is -0.872. The van der Waals surface area contributed by atoms with E-state index in [2.05, 4.69) is 25.3 Å². The van der Waals surface area contributed by atoms with Crippen molar-refractivity contribution in [2.75, 3.05) is 0 Å². The van der Waals surface area contributed by atoms with Crippen LogP contribution in [-0.4, -0.2) is 16.2 Å². The first-order valence-corrected chi connectivity index (χ1v) is 9.90. The maximum absolute atomic E-state index is 12.0. The highest BCUT2D eigenvalue weighted by molar-refractivity contribution is 5.75. The van der Waals surface area contributed by atoms with Gasteiger partial charge in [0.15, 0.2) is 0 Å². The molecule has 7 nitrogen and oxygen atoms in total. The first-order chi connectivity index (χ1) is 14.4. The van der Waals surface area contributed by atoms with E-state index in [9.17, 15) is 20.0 Å². The molecule has 7 heteroatoms. The van der Waals surface area contributed by atoms with Gasteiger partial charge < -0.3 is 14.7 Å². The number of carbonyl (C=O) groups excluding carboxylic acids is 1. The Kier molecular flexibility index (Phi) is 13.8. The lowest BCUT2D eigenvalue weighted by atomic mass is 10.1. The predicted molar refractivity (Wildman–Crippen MR) is 118 cm³/mol. The van der Waals surface area contributed by atoms with Gasteiger partial charge in [-0.1, -0.05) is 77.5 Å². The number of aromatic hydroxyl groups is 1. The van der Waals surface area contributed by atoms with E-state index in [1.54, 1.807) is 24.3 Å². The Bertz CT molecular complexity index is 802. The van der Waals surface area contributed by atoms with Gasteiger partial charge in [0, 0.05) is 5.56 Å². The summed E-state index contributed by atoms with van der Waals surface area (Å²) < 4.78 is 5.22. The summed E-state index contributed by atoms with van der Waals surface area (Å²) in [6.07, 6.45) is 4.09. The van der Waals surface area contributed by atoms with Gasteiger partial charge in [0.25, 0.3) is 5.09 Å². The van der Waals surface area contributed by atoms with E-state index in [-0.39, 0.29) is 18.8 Å². The molecule has 164 valence electrons. The first kappa shape index (κ1) is 26.6. The third kappa shape index (κ3) is 10.8. The molecular weight excluding hydrogens is 386 g/mol. The average molecular weight is 418 g/mol. The van der Waals surface area contributed by atoms with Crippen molar-refractivity contribution in [2.45, 2.75) is 53.6 Å². The number of nitrogens with zero attached hydrogens (tertiary/aromatic N) is 1. The van der Waals surface area contributed by atoms with E-state index in [0.29, 0.717) is 22.4 Å². The van der Waals surface area contributed by atoms with Gasteiger partial charge in [-0.25, -0.2) is 0 Å². The SMILES string of the molecule is C=Cc1cc(OC(=O)Cc2cccc(CO[N+](=O)[O-])c2)ccc1O.CC.CCCC. The van der Waals surface area contributed by atoms with Crippen molar-refractivity contribution < 1.29 is 24.6 Å². The van der Waals surface area contributed by atoms with Crippen molar-refractivity contribution in [1.29, 1.82) is 0 Å². The molecule has 0 saturated heterocycles. The van der Waals surface area contributed by atoms with Gasteiger partial charge in [0.05, 0.1) is 6.42 Å². The summed E-state index contributed by atoms with van der Waals surface area (Å²) in [4.78, 5) is 26.5. The number of carbonyl (C=O) groups is 1. The van der Waals surface area contributed by atoms with Crippen LogP contribution < -0.4 is 4.74 Å². The number of unbranched alkanes of at least 4 members (excludes halogenated alkanes) is 1.